The first kappa shape index (κ1) is 23.2. The van der Waals surface area contributed by atoms with Crippen LogP contribution < -0.4 is 0 Å². The maximum atomic E-state index is 12.1. The Kier molecular flexibility index (Phi) is 6.79. The van der Waals surface area contributed by atoms with Crippen LogP contribution in [0.3, 0.4) is 0 Å². The summed E-state index contributed by atoms with van der Waals surface area (Å²) in [4.78, 5) is 0. The van der Waals surface area contributed by atoms with Gasteiger partial charge in [0.2, 0.25) is 0 Å². The standard InChI is InChI=1S/C28H30O6/c1-31-27-24(32-17-19-11-5-2-6-12-19)26(33-18-20-13-7-3-8-14-20)28(30)22(23(29)25(28)34-27)21-15-9-4-10-16-21/h2-16,22-27,29-30H,17-18H2,1H3/t22?,23?,24-,25-,26-,27+,28-/m1/s1. The second-order valence-corrected chi connectivity index (χ2v) is 8.91. The summed E-state index contributed by atoms with van der Waals surface area (Å²) < 4.78 is 24.4. The molecule has 0 radical (unpaired) electrons. The number of fused-ring (bicyclic) bond motifs is 1. The molecule has 0 bridgehead atoms. The lowest BCUT2D eigenvalue weighted by Crippen LogP contribution is -2.80. The van der Waals surface area contributed by atoms with E-state index in [1.54, 1.807) is 0 Å². The fourth-order valence-electron chi connectivity index (χ4n) is 5.17. The Bertz CT molecular complexity index is 1050. The van der Waals surface area contributed by atoms with Gasteiger partial charge in [0, 0.05) is 13.0 Å². The van der Waals surface area contributed by atoms with Gasteiger partial charge in [-0.05, 0) is 16.7 Å². The zero-order valence-electron chi connectivity index (χ0n) is 19.1. The average molecular weight is 463 g/mol. The van der Waals surface area contributed by atoms with Gasteiger partial charge in [-0.2, -0.15) is 0 Å². The van der Waals surface area contributed by atoms with Crippen molar-refractivity contribution in [2.24, 2.45) is 0 Å². The summed E-state index contributed by atoms with van der Waals surface area (Å²) in [6, 6.07) is 29.1. The third-order valence-corrected chi connectivity index (χ3v) is 6.86. The van der Waals surface area contributed by atoms with Crippen LogP contribution in [0.25, 0.3) is 0 Å². The predicted octanol–water partition coefficient (Wildman–Crippen LogP) is 3.42. The molecular weight excluding hydrogens is 432 g/mol. The highest BCUT2D eigenvalue weighted by atomic mass is 16.7. The van der Waals surface area contributed by atoms with Gasteiger partial charge in [0.25, 0.3) is 0 Å². The molecule has 1 saturated carbocycles. The van der Waals surface area contributed by atoms with Gasteiger partial charge in [0.15, 0.2) is 6.29 Å². The topological polar surface area (TPSA) is 77.4 Å². The van der Waals surface area contributed by atoms with Crippen LogP contribution in [0.15, 0.2) is 91.0 Å². The van der Waals surface area contributed by atoms with Crippen molar-refractivity contribution < 1.29 is 29.2 Å². The van der Waals surface area contributed by atoms with E-state index < -0.39 is 42.2 Å². The first-order valence-corrected chi connectivity index (χ1v) is 11.6. The number of aliphatic hydroxyl groups is 2. The maximum absolute atomic E-state index is 12.1. The van der Waals surface area contributed by atoms with Crippen molar-refractivity contribution in [3.63, 3.8) is 0 Å². The summed E-state index contributed by atoms with van der Waals surface area (Å²) >= 11 is 0. The number of benzene rings is 3. The number of hydrogen-bond donors (Lipinski definition) is 2. The van der Waals surface area contributed by atoms with Crippen LogP contribution in [-0.4, -0.2) is 53.6 Å². The minimum absolute atomic E-state index is 0.278. The third kappa shape index (κ3) is 4.18. The zero-order chi connectivity index (χ0) is 23.5. The highest BCUT2D eigenvalue weighted by Crippen LogP contribution is 2.55. The Morgan fingerprint density at radius 3 is 1.88 bits per heavy atom. The number of methoxy groups -OCH3 is 1. The van der Waals surface area contributed by atoms with Crippen molar-refractivity contribution in [1.82, 2.24) is 0 Å². The Morgan fingerprint density at radius 2 is 1.32 bits per heavy atom. The zero-order valence-corrected chi connectivity index (χ0v) is 19.1. The summed E-state index contributed by atoms with van der Waals surface area (Å²) in [7, 11) is 1.53. The molecule has 3 aromatic carbocycles. The van der Waals surface area contributed by atoms with E-state index in [9.17, 15) is 10.2 Å². The second kappa shape index (κ2) is 9.96. The van der Waals surface area contributed by atoms with E-state index in [1.165, 1.54) is 7.11 Å². The van der Waals surface area contributed by atoms with E-state index in [-0.39, 0.29) is 6.61 Å². The van der Waals surface area contributed by atoms with Crippen LogP contribution in [-0.2, 0) is 32.2 Å². The highest BCUT2D eigenvalue weighted by Gasteiger charge is 2.72. The van der Waals surface area contributed by atoms with E-state index >= 15 is 0 Å². The van der Waals surface area contributed by atoms with Crippen molar-refractivity contribution >= 4 is 0 Å². The molecule has 0 spiro atoms. The normalized spacial score (nSPS) is 32.6. The molecule has 7 atom stereocenters. The quantitative estimate of drug-likeness (QED) is 0.534. The smallest absolute Gasteiger partial charge is 0.186 e. The molecule has 1 saturated heterocycles. The molecule has 178 valence electrons. The molecule has 1 aliphatic carbocycles. The molecule has 6 nitrogen and oxygen atoms in total. The number of aliphatic hydroxyl groups excluding tert-OH is 1. The van der Waals surface area contributed by atoms with Crippen LogP contribution in [0.2, 0.25) is 0 Å². The first-order valence-electron chi connectivity index (χ1n) is 11.6. The lowest BCUT2D eigenvalue weighted by molar-refractivity contribution is -0.395. The second-order valence-electron chi connectivity index (χ2n) is 8.91. The molecular formula is C28H30O6. The summed E-state index contributed by atoms with van der Waals surface area (Å²) in [6.07, 6.45) is -4.08. The molecule has 5 rings (SSSR count). The van der Waals surface area contributed by atoms with Crippen molar-refractivity contribution in [3.05, 3.63) is 108 Å². The van der Waals surface area contributed by atoms with Gasteiger partial charge in [-0.1, -0.05) is 91.0 Å². The number of rotatable bonds is 8. The Balaban J connectivity index is 1.47. The molecule has 0 amide bonds. The van der Waals surface area contributed by atoms with E-state index in [0.717, 1.165) is 16.7 Å². The van der Waals surface area contributed by atoms with Crippen molar-refractivity contribution in [3.8, 4) is 0 Å². The van der Waals surface area contributed by atoms with Crippen molar-refractivity contribution in [2.75, 3.05) is 7.11 Å². The predicted molar refractivity (Wildman–Crippen MR) is 126 cm³/mol. The monoisotopic (exact) mass is 462 g/mol. The van der Waals surface area contributed by atoms with Gasteiger partial charge in [-0.25, -0.2) is 0 Å². The summed E-state index contributed by atoms with van der Waals surface area (Å²) in [5.41, 5.74) is 1.29. The molecule has 6 heteroatoms. The SMILES string of the molecule is CO[C@H]1O[C@@H]2C(O)C(c3ccccc3)[C@]2(O)[C@H](OCc2ccccc2)[C@H]1OCc1ccccc1. The van der Waals surface area contributed by atoms with Crippen LogP contribution in [0.5, 0.6) is 0 Å². The molecule has 1 aliphatic heterocycles. The Hall–Kier alpha value is -2.58. The summed E-state index contributed by atoms with van der Waals surface area (Å²) in [5, 5.41) is 23.1. The van der Waals surface area contributed by atoms with Gasteiger partial charge in [0.1, 0.15) is 23.9 Å². The third-order valence-electron chi connectivity index (χ3n) is 6.86. The van der Waals surface area contributed by atoms with Crippen LogP contribution in [0, 0.1) is 0 Å². The van der Waals surface area contributed by atoms with E-state index in [2.05, 4.69) is 0 Å². The van der Waals surface area contributed by atoms with E-state index in [0.29, 0.717) is 6.61 Å². The number of hydrogen-bond acceptors (Lipinski definition) is 6. The molecule has 3 aromatic rings. The Morgan fingerprint density at radius 1 is 0.794 bits per heavy atom. The molecule has 2 N–H and O–H groups in total. The fourth-order valence-corrected chi connectivity index (χ4v) is 5.17. The maximum Gasteiger partial charge on any atom is 0.186 e. The lowest BCUT2D eigenvalue weighted by atomic mass is 9.57. The van der Waals surface area contributed by atoms with Crippen LogP contribution in [0.1, 0.15) is 22.6 Å². The van der Waals surface area contributed by atoms with Gasteiger partial charge >= 0.3 is 0 Å². The molecule has 2 aliphatic rings. The van der Waals surface area contributed by atoms with Gasteiger partial charge < -0.3 is 29.2 Å². The van der Waals surface area contributed by atoms with E-state index in [4.69, 9.17) is 18.9 Å². The van der Waals surface area contributed by atoms with Gasteiger partial charge in [-0.3, -0.25) is 0 Å². The minimum atomic E-state index is -1.49. The minimum Gasteiger partial charge on any atom is -0.390 e. The first-order chi connectivity index (χ1) is 16.6. The van der Waals surface area contributed by atoms with Crippen LogP contribution >= 0.6 is 0 Å². The molecule has 2 fully saturated rings. The van der Waals surface area contributed by atoms with Gasteiger partial charge in [-0.15, -0.1) is 0 Å². The van der Waals surface area contributed by atoms with Gasteiger partial charge in [0.05, 0.1) is 19.3 Å². The average Bonchev–Trinajstić information content (AvgIpc) is 2.88. The molecule has 34 heavy (non-hydrogen) atoms. The van der Waals surface area contributed by atoms with Crippen molar-refractivity contribution in [2.45, 2.75) is 55.4 Å². The molecule has 1 heterocycles. The van der Waals surface area contributed by atoms with E-state index in [1.807, 2.05) is 91.0 Å². The number of ether oxygens (including phenoxy) is 4. The lowest BCUT2D eigenvalue weighted by Gasteiger charge is -2.63. The highest BCUT2D eigenvalue weighted by molar-refractivity contribution is 5.35. The van der Waals surface area contributed by atoms with Crippen molar-refractivity contribution in [1.29, 1.82) is 0 Å². The molecule has 2 unspecified atom stereocenters. The Labute approximate surface area is 199 Å². The summed E-state index contributed by atoms with van der Waals surface area (Å²) in [6.45, 7) is 0.582. The molecule has 0 aromatic heterocycles. The largest absolute Gasteiger partial charge is 0.390 e. The summed E-state index contributed by atoms with van der Waals surface area (Å²) in [5.74, 6) is -0.583. The van der Waals surface area contributed by atoms with Crippen LogP contribution in [0.4, 0.5) is 0 Å². The fraction of sp³-hybridized carbons (Fsp3) is 0.357.